The molecule has 38 heavy (non-hydrogen) atoms. The van der Waals surface area contributed by atoms with Gasteiger partial charge in [-0.1, -0.05) is 12.1 Å². The van der Waals surface area contributed by atoms with Gasteiger partial charge in [0.2, 0.25) is 0 Å². The highest BCUT2D eigenvalue weighted by Crippen LogP contribution is 2.36. The molecule has 200 valence electrons. The van der Waals surface area contributed by atoms with E-state index in [1.54, 1.807) is 6.07 Å². The van der Waals surface area contributed by atoms with Crippen LogP contribution in [0.15, 0.2) is 57.7 Å². The zero-order chi connectivity index (χ0) is 27.7. The van der Waals surface area contributed by atoms with E-state index in [9.17, 15) is 9.59 Å². The Morgan fingerprint density at radius 3 is 2.32 bits per heavy atom. The molecule has 11 heteroatoms. The largest absolute Gasteiger partial charge is 0.494 e. The Labute approximate surface area is 228 Å². The first-order valence-corrected chi connectivity index (χ1v) is 13.0. The van der Waals surface area contributed by atoms with Crippen LogP contribution in [0.2, 0.25) is 0 Å². The molecule has 1 amide bonds. The second-order valence-corrected chi connectivity index (χ2v) is 10.5. The monoisotopic (exact) mass is 536 g/mol. The van der Waals surface area contributed by atoms with E-state index in [0.29, 0.717) is 16.7 Å². The molecule has 1 aliphatic rings. The summed E-state index contributed by atoms with van der Waals surface area (Å²) in [5, 5.41) is 3.80. The molecule has 0 radical (unpaired) electrons. The fourth-order valence-corrected chi connectivity index (χ4v) is 4.30. The number of nitrogens with zero attached hydrogens (tertiary/aromatic N) is 1. The zero-order valence-corrected chi connectivity index (χ0v) is 23.3. The average Bonchev–Trinajstić information content (AvgIpc) is 3.09. The van der Waals surface area contributed by atoms with Crippen molar-refractivity contribution in [3.63, 3.8) is 0 Å². The molecular formula is C27H33BN4O5S. The van der Waals surface area contributed by atoms with Crippen LogP contribution in [0.1, 0.15) is 51.9 Å². The van der Waals surface area contributed by atoms with Crippen molar-refractivity contribution < 1.29 is 18.5 Å². The lowest BCUT2D eigenvalue weighted by molar-refractivity contribution is 0.00578. The van der Waals surface area contributed by atoms with Gasteiger partial charge < -0.3 is 23.9 Å². The summed E-state index contributed by atoms with van der Waals surface area (Å²) in [5.41, 5.74) is 6.19. The first-order chi connectivity index (χ1) is 17.9. The van der Waals surface area contributed by atoms with Crippen LogP contribution in [-0.2, 0) is 9.31 Å². The van der Waals surface area contributed by atoms with Crippen LogP contribution in [-0.4, -0.2) is 42.4 Å². The molecule has 3 aromatic rings. The average molecular weight is 536 g/mol. The third kappa shape index (κ3) is 5.69. The Morgan fingerprint density at radius 1 is 0.974 bits per heavy atom. The minimum Gasteiger partial charge on any atom is -0.422 e. The van der Waals surface area contributed by atoms with Crippen molar-refractivity contribution in [3.8, 4) is 0 Å². The van der Waals surface area contributed by atoms with Gasteiger partial charge in [-0.15, -0.1) is 0 Å². The van der Waals surface area contributed by atoms with E-state index in [4.69, 9.17) is 25.9 Å². The van der Waals surface area contributed by atoms with Crippen LogP contribution in [0.5, 0.6) is 0 Å². The summed E-state index contributed by atoms with van der Waals surface area (Å²) in [6.45, 7) is 13.8. The first-order valence-electron chi connectivity index (χ1n) is 12.6. The number of thiocarbonyl (C=S) groups is 1. The number of fused-ring (bicyclic) bond motifs is 1. The molecule has 0 aliphatic carbocycles. The van der Waals surface area contributed by atoms with Crippen LogP contribution < -0.4 is 32.2 Å². The van der Waals surface area contributed by atoms with Crippen LogP contribution in [0.25, 0.3) is 11.0 Å². The van der Waals surface area contributed by atoms with Crippen molar-refractivity contribution in [2.24, 2.45) is 0 Å². The second-order valence-electron chi connectivity index (χ2n) is 10.1. The van der Waals surface area contributed by atoms with E-state index in [2.05, 4.69) is 34.9 Å². The fraction of sp³-hybridized carbons (Fsp3) is 0.370. The lowest BCUT2D eigenvalue weighted by Gasteiger charge is -2.32. The summed E-state index contributed by atoms with van der Waals surface area (Å²) in [5.74, 6) is -0.663. The van der Waals surface area contributed by atoms with Gasteiger partial charge in [-0.2, -0.15) is 0 Å². The quantitative estimate of drug-likeness (QED) is 0.189. The summed E-state index contributed by atoms with van der Waals surface area (Å²) in [6.07, 6.45) is 0. The van der Waals surface area contributed by atoms with Crippen molar-refractivity contribution in [2.45, 2.75) is 52.7 Å². The maximum Gasteiger partial charge on any atom is 0.494 e. The molecule has 1 saturated heterocycles. The highest BCUT2D eigenvalue weighted by atomic mass is 32.1. The molecule has 2 heterocycles. The minimum atomic E-state index is -0.734. The Morgan fingerprint density at radius 2 is 1.66 bits per heavy atom. The van der Waals surface area contributed by atoms with Gasteiger partial charge in [0.05, 0.1) is 11.2 Å². The number of benzene rings is 2. The number of carbonyl (C=O) groups is 1. The van der Waals surface area contributed by atoms with E-state index in [-0.39, 0.29) is 10.7 Å². The van der Waals surface area contributed by atoms with E-state index >= 15 is 0 Å². The molecular weight excluding hydrogens is 503 g/mol. The SMILES string of the molecule is CCN(CC)c1ccc2cc(C(=O)NNC(=S)Nc3cccc(B4OC(C)(C)C(C)(C)O4)c3)c(=O)oc2c1. The molecule has 1 aromatic heterocycles. The standard InChI is InChI=1S/C27H33BN4O5S/c1-7-32(8-2)20-13-12-17-14-21(24(34)35-22(17)16-20)23(33)30-31-25(38)29-19-11-9-10-18(15-19)28-36-26(3,4)27(5,6)37-28/h9-16H,7-8H2,1-6H3,(H,30,33)(H2,29,31,38). The Hall–Kier alpha value is -3.41. The summed E-state index contributed by atoms with van der Waals surface area (Å²) < 4.78 is 17.7. The normalized spacial score (nSPS) is 15.8. The number of nitrogens with one attached hydrogen (secondary N) is 3. The Balaban J connectivity index is 1.40. The smallest absolute Gasteiger partial charge is 0.422 e. The predicted molar refractivity (Wildman–Crippen MR) is 155 cm³/mol. The molecule has 4 rings (SSSR count). The number of amides is 1. The van der Waals surface area contributed by atoms with Crippen LogP contribution in [0, 0.1) is 0 Å². The van der Waals surface area contributed by atoms with Crippen molar-refractivity contribution in [3.05, 3.63) is 64.5 Å². The highest BCUT2D eigenvalue weighted by Gasteiger charge is 2.51. The van der Waals surface area contributed by atoms with E-state index in [0.717, 1.165) is 24.2 Å². The topological polar surface area (TPSA) is 105 Å². The molecule has 0 atom stereocenters. The molecule has 9 nitrogen and oxygen atoms in total. The molecule has 3 N–H and O–H groups in total. The summed E-state index contributed by atoms with van der Waals surface area (Å²) in [6, 6.07) is 14.5. The molecule has 1 aliphatic heterocycles. The number of hydrazine groups is 1. The molecule has 0 saturated carbocycles. The Bertz CT molecular complexity index is 1400. The first kappa shape index (κ1) is 27.6. The van der Waals surface area contributed by atoms with Crippen LogP contribution >= 0.6 is 12.2 Å². The van der Waals surface area contributed by atoms with E-state index in [1.807, 2.05) is 64.1 Å². The predicted octanol–water partition coefficient (Wildman–Crippen LogP) is 3.57. The molecule has 1 fully saturated rings. The highest BCUT2D eigenvalue weighted by molar-refractivity contribution is 7.80. The summed E-state index contributed by atoms with van der Waals surface area (Å²) >= 11 is 5.32. The summed E-state index contributed by atoms with van der Waals surface area (Å²) in [4.78, 5) is 27.4. The molecule has 2 aromatic carbocycles. The van der Waals surface area contributed by atoms with Crippen molar-refractivity contribution >= 4 is 58.2 Å². The number of hydrogen-bond acceptors (Lipinski definition) is 7. The van der Waals surface area contributed by atoms with Gasteiger partial charge in [-0.3, -0.25) is 15.6 Å². The maximum atomic E-state index is 12.7. The molecule has 0 spiro atoms. The number of carbonyl (C=O) groups excluding carboxylic acids is 1. The van der Waals surface area contributed by atoms with Gasteiger partial charge in [0.15, 0.2) is 5.11 Å². The third-order valence-electron chi connectivity index (χ3n) is 7.05. The number of anilines is 2. The van der Waals surface area contributed by atoms with Gasteiger partial charge in [0.25, 0.3) is 5.91 Å². The summed E-state index contributed by atoms with van der Waals surface area (Å²) in [7, 11) is -0.516. The molecule has 0 unspecified atom stereocenters. The van der Waals surface area contributed by atoms with Crippen molar-refractivity contribution in [1.82, 2.24) is 10.9 Å². The van der Waals surface area contributed by atoms with Gasteiger partial charge >= 0.3 is 12.7 Å². The Kier molecular flexibility index (Phi) is 7.82. The lowest BCUT2D eigenvalue weighted by Crippen LogP contribution is -2.45. The third-order valence-corrected chi connectivity index (χ3v) is 7.26. The maximum absolute atomic E-state index is 12.7. The minimum absolute atomic E-state index is 0.133. The van der Waals surface area contributed by atoms with Gasteiger partial charge in [-0.05, 0) is 89.6 Å². The molecule has 0 bridgehead atoms. The van der Waals surface area contributed by atoms with E-state index in [1.165, 1.54) is 6.07 Å². The van der Waals surface area contributed by atoms with Crippen LogP contribution in [0.3, 0.4) is 0 Å². The van der Waals surface area contributed by atoms with Crippen LogP contribution in [0.4, 0.5) is 11.4 Å². The van der Waals surface area contributed by atoms with Gasteiger partial charge in [0.1, 0.15) is 11.1 Å². The van der Waals surface area contributed by atoms with Crippen molar-refractivity contribution in [2.75, 3.05) is 23.3 Å². The zero-order valence-electron chi connectivity index (χ0n) is 22.5. The lowest BCUT2D eigenvalue weighted by atomic mass is 9.79. The van der Waals surface area contributed by atoms with Gasteiger partial charge in [-0.25, -0.2) is 4.79 Å². The van der Waals surface area contributed by atoms with E-state index < -0.39 is 29.9 Å². The van der Waals surface area contributed by atoms with Gasteiger partial charge in [0, 0.05) is 35.9 Å². The second kappa shape index (κ2) is 10.8. The van der Waals surface area contributed by atoms with Crippen molar-refractivity contribution in [1.29, 1.82) is 0 Å². The fourth-order valence-electron chi connectivity index (χ4n) is 4.13. The number of hydrogen-bond donors (Lipinski definition) is 3. The number of rotatable bonds is 6.